The van der Waals surface area contributed by atoms with Crippen molar-refractivity contribution in [3.05, 3.63) is 40.3 Å². The lowest BCUT2D eigenvalue weighted by Crippen LogP contribution is -2.51. The van der Waals surface area contributed by atoms with Gasteiger partial charge in [0.05, 0.1) is 11.0 Å². The lowest BCUT2D eigenvalue weighted by atomic mass is 10.2. The summed E-state index contributed by atoms with van der Waals surface area (Å²) in [6.07, 6.45) is -4.89. The lowest BCUT2D eigenvalue weighted by Gasteiger charge is -2.35. The smallest absolute Gasteiger partial charge is 0.338 e. The van der Waals surface area contributed by atoms with Crippen molar-refractivity contribution in [2.75, 3.05) is 32.7 Å². The van der Waals surface area contributed by atoms with E-state index >= 15 is 0 Å². The molecule has 0 unspecified atom stereocenters. The Balaban J connectivity index is 2.03. The minimum atomic E-state index is -4.89. The number of rotatable bonds is 3. The monoisotopic (exact) mass is 382 g/mol. The number of alkyl halides is 3. The molecule has 0 spiro atoms. The summed E-state index contributed by atoms with van der Waals surface area (Å²) in [6, 6.07) is 4.99. The number of halogens is 3. The van der Waals surface area contributed by atoms with Crippen LogP contribution in [0.2, 0.25) is 0 Å². The number of piperazine rings is 1. The molecule has 0 saturated carbocycles. The molecule has 27 heavy (non-hydrogen) atoms. The third kappa shape index (κ3) is 3.69. The molecular formula is C18H21F3N4O2. The van der Waals surface area contributed by atoms with Crippen LogP contribution in [-0.4, -0.2) is 58.0 Å². The molecule has 1 atom stereocenters. The standard InChI is InChI=1S/C18H21F3N4O2/c1-3-23-8-10-24(11-9-23)16(26)12(2)25-14-7-5-4-6-13(14)22-15(17(25)27)18(19,20)21/h4-7,12H,3,8-11H2,1-2H3/t12-/m1/s1. The number of hydrogen-bond donors (Lipinski definition) is 0. The minimum Gasteiger partial charge on any atom is -0.338 e. The normalized spacial score (nSPS) is 17.3. The highest BCUT2D eigenvalue weighted by Crippen LogP contribution is 2.27. The summed E-state index contributed by atoms with van der Waals surface area (Å²) < 4.78 is 40.8. The number of aromatic nitrogens is 2. The molecule has 0 radical (unpaired) electrons. The molecule has 3 rings (SSSR count). The molecule has 0 N–H and O–H groups in total. The fourth-order valence-corrected chi connectivity index (χ4v) is 3.38. The van der Waals surface area contributed by atoms with Crippen molar-refractivity contribution in [2.24, 2.45) is 0 Å². The number of nitrogens with zero attached hydrogens (tertiary/aromatic N) is 4. The van der Waals surface area contributed by atoms with Crippen LogP contribution in [0.15, 0.2) is 29.1 Å². The zero-order chi connectivity index (χ0) is 19.8. The maximum atomic E-state index is 13.3. The Hall–Kier alpha value is -2.42. The molecular weight excluding hydrogens is 361 g/mol. The number of benzene rings is 1. The van der Waals surface area contributed by atoms with E-state index in [0.29, 0.717) is 26.2 Å². The first kappa shape index (κ1) is 19.3. The van der Waals surface area contributed by atoms with Crippen LogP contribution in [0.1, 0.15) is 25.6 Å². The van der Waals surface area contributed by atoms with Gasteiger partial charge in [-0.3, -0.25) is 14.2 Å². The van der Waals surface area contributed by atoms with Crippen LogP contribution in [0.3, 0.4) is 0 Å². The van der Waals surface area contributed by atoms with Gasteiger partial charge in [0.25, 0.3) is 5.56 Å². The Kier molecular flexibility index (Phi) is 5.23. The highest BCUT2D eigenvalue weighted by Gasteiger charge is 2.38. The third-order valence-electron chi connectivity index (χ3n) is 4.94. The fraction of sp³-hybridized carbons (Fsp3) is 0.500. The van der Waals surface area contributed by atoms with E-state index in [1.54, 1.807) is 17.0 Å². The van der Waals surface area contributed by atoms with Crippen LogP contribution in [0, 0.1) is 0 Å². The molecule has 6 nitrogen and oxygen atoms in total. The number of para-hydroxylation sites is 2. The van der Waals surface area contributed by atoms with Gasteiger partial charge in [-0.2, -0.15) is 13.2 Å². The third-order valence-corrected chi connectivity index (χ3v) is 4.94. The Morgan fingerprint density at radius 2 is 1.81 bits per heavy atom. The Bertz CT molecular complexity index is 902. The van der Waals surface area contributed by atoms with Gasteiger partial charge in [-0.15, -0.1) is 0 Å². The molecule has 1 amide bonds. The predicted octanol–water partition coefficient (Wildman–Crippen LogP) is 2.14. The van der Waals surface area contributed by atoms with Crippen LogP contribution >= 0.6 is 0 Å². The zero-order valence-corrected chi connectivity index (χ0v) is 15.2. The number of hydrogen-bond acceptors (Lipinski definition) is 4. The van der Waals surface area contributed by atoms with Crippen molar-refractivity contribution in [3.8, 4) is 0 Å². The van der Waals surface area contributed by atoms with Gasteiger partial charge in [0.15, 0.2) is 0 Å². The van der Waals surface area contributed by atoms with Gasteiger partial charge in [0, 0.05) is 26.2 Å². The van der Waals surface area contributed by atoms with E-state index in [0.717, 1.165) is 11.1 Å². The summed E-state index contributed by atoms with van der Waals surface area (Å²) in [6.45, 7) is 6.75. The zero-order valence-electron chi connectivity index (χ0n) is 15.2. The molecule has 1 aromatic heterocycles. The summed E-state index contributed by atoms with van der Waals surface area (Å²) in [5.74, 6) is -0.364. The summed E-state index contributed by atoms with van der Waals surface area (Å²) in [4.78, 5) is 32.7. The van der Waals surface area contributed by atoms with Crippen molar-refractivity contribution in [1.82, 2.24) is 19.4 Å². The second kappa shape index (κ2) is 7.30. The molecule has 0 aliphatic carbocycles. The topological polar surface area (TPSA) is 58.4 Å². The van der Waals surface area contributed by atoms with Crippen molar-refractivity contribution in [3.63, 3.8) is 0 Å². The van der Waals surface area contributed by atoms with Gasteiger partial charge in [-0.25, -0.2) is 4.98 Å². The molecule has 1 aliphatic rings. The van der Waals surface area contributed by atoms with E-state index in [1.165, 1.54) is 19.1 Å². The lowest BCUT2D eigenvalue weighted by molar-refractivity contribution is -0.143. The molecule has 2 heterocycles. The second-order valence-corrected chi connectivity index (χ2v) is 6.56. The van der Waals surface area contributed by atoms with E-state index in [2.05, 4.69) is 9.88 Å². The number of carbonyl (C=O) groups excluding carboxylic acids is 1. The van der Waals surface area contributed by atoms with Crippen LogP contribution in [0.5, 0.6) is 0 Å². The highest BCUT2D eigenvalue weighted by atomic mass is 19.4. The first-order valence-electron chi connectivity index (χ1n) is 8.83. The highest BCUT2D eigenvalue weighted by molar-refractivity contribution is 5.83. The van der Waals surface area contributed by atoms with Gasteiger partial charge in [0.1, 0.15) is 6.04 Å². The summed E-state index contributed by atoms with van der Waals surface area (Å²) >= 11 is 0. The fourth-order valence-electron chi connectivity index (χ4n) is 3.38. The van der Waals surface area contributed by atoms with Crippen LogP contribution in [-0.2, 0) is 11.0 Å². The molecule has 1 saturated heterocycles. The van der Waals surface area contributed by atoms with Crippen molar-refractivity contribution < 1.29 is 18.0 Å². The van der Waals surface area contributed by atoms with Crippen molar-refractivity contribution >= 4 is 16.9 Å². The minimum absolute atomic E-state index is 0.0277. The van der Waals surface area contributed by atoms with Crippen LogP contribution < -0.4 is 5.56 Å². The summed E-state index contributed by atoms with van der Waals surface area (Å²) in [7, 11) is 0. The first-order chi connectivity index (χ1) is 12.7. The molecule has 0 bridgehead atoms. The van der Waals surface area contributed by atoms with E-state index in [1.807, 2.05) is 6.92 Å². The predicted molar refractivity (Wildman–Crippen MR) is 94.4 cm³/mol. The van der Waals surface area contributed by atoms with Gasteiger partial charge in [-0.05, 0) is 25.6 Å². The maximum absolute atomic E-state index is 13.3. The summed E-state index contributed by atoms with van der Waals surface area (Å²) in [5, 5.41) is 0. The molecule has 2 aromatic rings. The first-order valence-corrected chi connectivity index (χ1v) is 8.83. The van der Waals surface area contributed by atoms with Gasteiger partial charge in [0.2, 0.25) is 11.6 Å². The quantitative estimate of drug-likeness (QED) is 0.816. The number of likely N-dealkylation sites (N-methyl/N-ethyl adjacent to an activating group) is 1. The largest absolute Gasteiger partial charge is 0.438 e. The molecule has 1 aromatic carbocycles. The van der Waals surface area contributed by atoms with Crippen LogP contribution in [0.25, 0.3) is 11.0 Å². The van der Waals surface area contributed by atoms with E-state index in [-0.39, 0.29) is 16.9 Å². The Morgan fingerprint density at radius 3 is 2.41 bits per heavy atom. The number of carbonyl (C=O) groups is 1. The van der Waals surface area contributed by atoms with E-state index < -0.39 is 23.5 Å². The maximum Gasteiger partial charge on any atom is 0.438 e. The van der Waals surface area contributed by atoms with Crippen LogP contribution in [0.4, 0.5) is 13.2 Å². The van der Waals surface area contributed by atoms with Gasteiger partial charge >= 0.3 is 6.18 Å². The van der Waals surface area contributed by atoms with E-state index in [9.17, 15) is 22.8 Å². The second-order valence-electron chi connectivity index (χ2n) is 6.56. The average molecular weight is 382 g/mol. The van der Waals surface area contributed by atoms with Gasteiger partial charge in [-0.1, -0.05) is 19.1 Å². The van der Waals surface area contributed by atoms with Crippen molar-refractivity contribution in [2.45, 2.75) is 26.1 Å². The van der Waals surface area contributed by atoms with E-state index in [4.69, 9.17) is 0 Å². The number of amides is 1. The Morgan fingerprint density at radius 1 is 1.19 bits per heavy atom. The summed E-state index contributed by atoms with van der Waals surface area (Å²) in [5.41, 5.74) is -2.56. The average Bonchev–Trinajstić information content (AvgIpc) is 2.65. The molecule has 1 aliphatic heterocycles. The Labute approximate surface area is 154 Å². The molecule has 146 valence electrons. The van der Waals surface area contributed by atoms with Crippen molar-refractivity contribution in [1.29, 1.82) is 0 Å². The SMILES string of the molecule is CCN1CCN(C(=O)[C@@H](C)n2c(=O)c(C(F)(F)F)nc3ccccc32)CC1. The van der Waals surface area contributed by atoms with Gasteiger partial charge < -0.3 is 9.80 Å². The molecule has 9 heteroatoms. The molecule has 1 fully saturated rings. The number of fused-ring (bicyclic) bond motifs is 1.